The summed E-state index contributed by atoms with van der Waals surface area (Å²) in [4.78, 5) is 18.8. The van der Waals surface area contributed by atoms with Crippen molar-refractivity contribution in [1.82, 2.24) is 14.8 Å². The highest BCUT2D eigenvalue weighted by Gasteiger charge is 2.11. The largest absolute Gasteiger partial charge is 0.378 e. The summed E-state index contributed by atoms with van der Waals surface area (Å²) in [7, 11) is 5.74. The monoisotopic (exact) mass is 309 g/mol. The molecule has 0 radical (unpaired) electrons. The fourth-order valence-corrected chi connectivity index (χ4v) is 2.50. The van der Waals surface area contributed by atoms with Crippen molar-refractivity contribution in [3.63, 3.8) is 0 Å². The SMILES string of the molecule is Cc1nn(C)c2ncc(NC(=O)c3cccc(N(C)C)c3)cc12. The topological polar surface area (TPSA) is 63.1 Å². The lowest BCUT2D eigenvalue weighted by molar-refractivity contribution is 0.102. The number of nitrogens with one attached hydrogen (secondary N) is 1. The Balaban J connectivity index is 1.88. The lowest BCUT2D eigenvalue weighted by Gasteiger charge is -2.13. The number of amides is 1. The predicted octanol–water partition coefficient (Wildman–Crippen LogP) is 2.60. The molecule has 3 aromatic rings. The molecule has 0 fully saturated rings. The zero-order valence-corrected chi connectivity index (χ0v) is 13.7. The third kappa shape index (κ3) is 2.88. The number of nitrogens with zero attached hydrogens (tertiary/aromatic N) is 4. The number of fused-ring (bicyclic) bond motifs is 1. The average Bonchev–Trinajstić information content (AvgIpc) is 2.81. The van der Waals surface area contributed by atoms with E-state index in [2.05, 4.69) is 15.4 Å². The molecule has 0 spiro atoms. The van der Waals surface area contributed by atoms with E-state index >= 15 is 0 Å². The number of carbonyl (C=O) groups is 1. The molecular weight excluding hydrogens is 290 g/mol. The minimum absolute atomic E-state index is 0.156. The highest BCUT2D eigenvalue weighted by Crippen LogP contribution is 2.20. The molecule has 0 atom stereocenters. The van der Waals surface area contributed by atoms with Crippen molar-refractivity contribution < 1.29 is 4.79 Å². The summed E-state index contributed by atoms with van der Waals surface area (Å²) in [6, 6.07) is 9.39. The molecule has 0 bridgehead atoms. The minimum atomic E-state index is -0.156. The average molecular weight is 309 g/mol. The van der Waals surface area contributed by atoms with Crippen molar-refractivity contribution in [3.05, 3.63) is 47.8 Å². The Morgan fingerprint density at radius 2 is 2.04 bits per heavy atom. The molecule has 6 nitrogen and oxygen atoms in total. The van der Waals surface area contributed by atoms with Gasteiger partial charge in [-0.05, 0) is 31.2 Å². The Morgan fingerprint density at radius 1 is 1.26 bits per heavy atom. The number of benzene rings is 1. The number of anilines is 2. The molecule has 0 unspecified atom stereocenters. The van der Waals surface area contributed by atoms with E-state index in [1.165, 1.54) is 0 Å². The summed E-state index contributed by atoms with van der Waals surface area (Å²) in [6.07, 6.45) is 1.65. The van der Waals surface area contributed by atoms with Gasteiger partial charge in [0.15, 0.2) is 5.65 Å². The van der Waals surface area contributed by atoms with Gasteiger partial charge in [0.1, 0.15) is 0 Å². The van der Waals surface area contributed by atoms with E-state index in [1.54, 1.807) is 16.9 Å². The Hall–Kier alpha value is -2.89. The molecule has 1 aromatic carbocycles. The van der Waals surface area contributed by atoms with Gasteiger partial charge in [-0.2, -0.15) is 5.10 Å². The molecule has 23 heavy (non-hydrogen) atoms. The summed E-state index contributed by atoms with van der Waals surface area (Å²) in [5, 5.41) is 8.17. The molecule has 0 saturated heterocycles. The van der Waals surface area contributed by atoms with Crippen LogP contribution in [0.15, 0.2) is 36.5 Å². The van der Waals surface area contributed by atoms with Gasteiger partial charge in [0.25, 0.3) is 5.91 Å². The maximum absolute atomic E-state index is 12.4. The summed E-state index contributed by atoms with van der Waals surface area (Å²) >= 11 is 0. The fourth-order valence-electron chi connectivity index (χ4n) is 2.50. The van der Waals surface area contributed by atoms with Crippen molar-refractivity contribution in [2.24, 2.45) is 7.05 Å². The summed E-state index contributed by atoms with van der Waals surface area (Å²) < 4.78 is 1.73. The van der Waals surface area contributed by atoms with Gasteiger partial charge in [-0.1, -0.05) is 6.07 Å². The predicted molar refractivity (Wildman–Crippen MR) is 92.0 cm³/mol. The molecule has 1 N–H and O–H groups in total. The first kappa shape index (κ1) is 15.0. The van der Waals surface area contributed by atoms with E-state index in [1.807, 2.05) is 57.2 Å². The van der Waals surface area contributed by atoms with Gasteiger partial charge in [-0.3, -0.25) is 9.48 Å². The number of aromatic nitrogens is 3. The lowest BCUT2D eigenvalue weighted by atomic mass is 10.1. The van der Waals surface area contributed by atoms with E-state index in [0.29, 0.717) is 11.3 Å². The summed E-state index contributed by atoms with van der Waals surface area (Å²) in [6.45, 7) is 1.93. The number of hydrogen-bond acceptors (Lipinski definition) is 4. The van der Waals surface area contributed by atoms with E-state index in [0.717, 1.165) is 22.4 Å². The van der Waals surface area contributed by atoms with Gasteiger partial charge < -0.3 is 10.2 Å². The first-order valence-electron chi connectivity index (χ1n) is 7.34. The zero-order chi connectivity index (χ0) is 16.6. The van der Waals surface area contributed by atoms with Crippen LogP contribution in [0.5, 0.6) is 0 Å². The van der Waals surface area contributed by atoms with Crippen LogP contribution < -0.4 is 10.2 Å². The molecule has 0 aliphatic carbocycles. The highest BCUT2D eigenvalue weighted by molar-refractivity contribution is 6.05. The van der Waals surface area contributed by atoms with Crippen molar-refractivity contribution in [3.8, 4) is 0 Å². The van der Waals surface area contributed by atoms with Gasteiger partial charge in [0.05, 0.1) is 17.6 Å². The number of hydrogen-bond donors (Lipinski definition) is 1. The van der Waals surface area contributed by atoms with Crippen LogP contribution in [0.3, 0.4) is 0 Å². The standard InChI is InChI=1S/C17H19N5O/c1-11-15-9-13(10-18-16(15)22(4)20-11)19-17(23)12-6-5-7-14(8-12)21(2)3/h5-10H,1-4H3,(H,19,23). The number of aryl methyl sites for hydroxylation is 2. The van der Waals surface area contributed by atoms with Crippen LogP contribution in [0.25, 0.3) is 11.0 Å². The van der Waals surface area contributed by atoms with Gasteiger partial charge >= 0.3 is 0 Å². The number of carbonyl (C=O) groups excluding carboxylic acids is 1. The normalized spacial score (nSPS) is 10.8. The number of pyridine rings is 1. The quantitative estimate of drug-likeness (QED) is 0.808. The van der Waals surface area contributed by atoms with E-state index < -0.39 is 0 Å². The maximum atomic E-state index is 12.4. The van der Waals surface area contributed by atoms with E-state index in [-0.39, 0.29) is 5.91 Å². The summed E-state index contributed by atoms with van der Waals surface area (Å²) in [5.41, 5.74) is 3.94. The van der Waals surface area contributed by atoms with Crippen LogP contribution in [-0.2, 0) is 7.05 Å². The third-order valence-corrected chi connectivity index (χ3v) is 3.75. The van der Waals surface area contributed by atoms with Crippen molar-refractivity contribution in [1.29, 1.82) is 0 Å². The van der Waals surface area contributed by atoms with Crippen LogP contribution in [0.1, 0.15) is 16.1 Å². The van der Waals surface area contributed by atoms with E-state index in [9.17, 15) is 4.79 Å². The first-order valence-corrected chi connectivity index (χ1v) is 7.34. The number of rotatable bonds is 3. The third-order valence-electron chi connectivity index (χ3n) is 3.75. The van der Waals surface area contributed by atoms with Crippen LogP contribution in [0.2, 0.25) is 0 Å². The van der Waals surface area contributed by atoms with Crippen LogP contribution >= 0.6 is 0 Å². The molecule has 2 aromatic heterocycles. The Kier molecular flexibility index (Phi) is 3.73. The molecular formula is C17H19N5O. The van der Waals surface area contributed by atoms with Gasteiger partial charge in [0.2, 0.25) is 0 Å². The molecule has 0 aliphatic rings. The minimum Gasteiger partial charge on any atom is -0.378 e. The van der Waals surface area contributed by atoms with Gasteiger partial charge in [-0.25, -0.2) is 4.98 Å². The summed E-state index contributed by atoms with van der Waals surface area (Å²) in [5.74, 6) is -0.156. The van der Waals surface area contributed by atoms with Crippen molar-refractivity contribution in [2.75, 3.05) is 24.3 Å². The molecule has 0 aliphatic heterocycles. The van der Waals surface area contributed by atoms with Crippen LogP contribution in [0, 0.1) is 6.92 Å². The Labute approximate surface area is 134 Å². The molecule has 1 amide bonds. The fraction of sp³-hybridized carbons (Fsp3) is 0.235. The van der Waals surface area contributed by atoms with Gasteiger partial charge in [0, 0.05) is 37.8 Å². The molecule has 2 heterocycles. The molecule has 0 saturated carbocycles. The maximum Gasteiger partial charge on any atom is 0.255 e. The first-order chi connectivity index (χ1) is 11.0. The molecule has 6 heteroatoms. The second kappa shape index (κ2) is 5.72. The Bertz CT molecular complexity index is 882. The van der Waals surface area contributed by atoms with Crippen LogP contribution in [0.4, 0.5) is 11.4 Å². The molecule has 118 valence electrons. The van der Waals surface area contributed by atoms with Crippen LogP contribution in [-0.4, -0.2) is 34.8 Å². The zero-order valence-electron chi connectivity index (χ0n) is 13.7. The highest BCUT2D eigenvalue weighted by atomic mass is 16.1. The second-order valence-electron chi connectivity index (χ2n) is 5.70. The lowest BCUT2D eigenvalue weighted by Crippen LogP contribution is -2.14. The smallest absolute Gasteiger partial charge is 0.255 e. The Morgan fingerprint density at radius 3 is 2.78 bits per heavy atom. The molecule has 3 rings (SSSR count). The van der Waals surface area contributed by atoms with E-state index in [4.69, 9.17) is 0 Å². The second-order valence-corrected chi connectivity index (χ2v) is 5.70. The van der Waals surface area contributed by atoms with Crippen molar-refractivity contribution >= 4 is 28.3 Å². The van der Waals surface area contributed by atoms with Gasteiger partial charge in [-0.15, -0.1) is 0 Å². The van der Waals surface area contributed by atoms with Crippen molar-refractivity contribution in [2.45, 2.75) is 6.92 Å².